The normalized spacial score (nSPS) is 21.5. The Morgan fingerprint density at radius 3 is 2.75 bits per heavy atom. The van der Waals surface area contributed by atoms with Gasteiger partial charge in [0.2, 0.25) is 0 Å². The molecule has 2 heterocycles. The molecule has 0 aromatic carbocycles. The summed E-state index contributed by atoms with van der Waals surface area (Å²) in [5.74, 6) is 0. The molecule has 20 heavy (non-hydrogen) atoms. The maximum absolute atomic E-state index is 6.11. The number of nitrogens with zero attached hydrogens (tertiary/aromatic N) is 1. The van der Waals surface area contributed by atoms with E-state index < -0.39 is 0 Å². The van der Waals surface area contributed by atoms with Crippen molar-refractivity contribution in [3.63, 3.8) is 0 Å². The summed E-state index contributed by atoms with van der Waals surface area (Å²) >= 11 is 1.92. The number of nitrogens with one attached hydrogen (secondary N) is 1. The summed E-state index contributed by atoms with van der Waals surface area (Å²) in [6.45, 7) is 6.39. The van der Waals surface area contributed by atoms with Crippen LogP contribution in [0.25, 0.3) is 0 Å². The van der Waals surface area contributed by atoms with Crippen LogP contribution in [0.5, 0.6) is 0 Å². The Morgan fingerprint density at radius 2 is 2.05 bits per heavy atom. The van der Waals surface area contributed by atoms with E-state index in [0.29, 0.717) is 6.10 Å². The third kappa shape index (κ3) is 4.04. The van der Waals surface area contributed by atoms with Crippen LogP contribution in [0.2, 0.25) is 0 Å². The molecule has 1 N–H and O–H groups in total. The van der Waals surface area contributed by atoms with Crippen LogP contribution in [0.3, 0.4) is 0 Å². The lowest BCUT2D eigenvalue weighted by Crippen LogP contribution is -2.34. The van der Waals surface area contributed by atoms with E-state index in [4.69, 9.17) is 4.74 Å². The van der Waals surface area contributed by atoms with E-state index in [1.807, 2.05) is 11.3 Å². The number of thiophene rings is 1. The van der Waals surface area contributed by atoms with Crippen molar-refractivity contribution in [1.29, 1.82) is 0 Å². The van der Waals surface area contributed by atoms with Gasteiger partial charge < -0.3 is 15.0 Å². The van der Waals surface area contributed by atoms with E-state index in [2.05, 4.69) is 30.3 Å². The first-order chi connectivity index (χ1) is 9.70. The van der Waals surface area contributed by atoms with Gasteiger partial charge in [0.25, 0.3) is 0 Å². The largest absolute Gasteiger partial charge is 0.373 e. The number of rotatable bonds is 6. The average Bonchev–Trinajstić information content (AvgIpc) is 3.20. The highest BCUT2D eigenvalue weighted by Gasteiger charge is 2.21. The quantitative estimate of drug-likeness (QED) is 0.873. The number of ether oxygens (including phenoxy) is 1. The molecule has 2 aliphatic rings. The second-order valence-electron chi connectivity index (χ2n) is 6.26. The number of hydrogen-bond acceptors (Lipinski definition) is 4. The monoisotopic (exact) mass is 294 g/mol. The lowest BCUT2D eigenvalue weighted by molar-refractivity contribution is 0.00208. The highest BCUT2D eigenvalue weighted by atomic mass is 32.1. The molecule has 1 saturated carbocycles. The van der Waals surface area contributed by atoms with Crippen LogP contribution in [-0.2, 0) is 17.9 Å². The first kappa shape index (κ1) is 14.5. The third-order valence-electron chi connectivity index (χ3n) is 4.35. The molecule has 3 rings (SSSR count). The van der Waals surface area contributed by atoms with E-state index in [1.54, 1.807) is 0 Å². The maximum Gasteiger partial charge on any atom is 0.0731 e. The van der Waals surface area contributed by atoms with Crippen molar-refractivity contribution < 1.29 is 4.74 Å². The number of piperidine rings is 1. The van der Waals surface area contributed by atoms with Crippen molar-refractivity contribution in [3.8, 4) is 0 Å². The second-order valence-corrected chi connectivity index (χ2v) is 7.60. The van der Waals surface area contributed by atoms with Gasteiger partial charge in [0, 0.05) is 35.4 Å². The minimum absolute atomic E-state index is 0.457. The van der Waals surface area contributed by atoms with E-state index >= 15 is 0 Å². The van der Waals surface area contributed by atoms with Crippen molar-refractivity contribution in [2.75, 3.05) is 20.1 Å². The minimum Gasteiger partial charge on any atom is -0.373 e. The van der Waals surface area contributed by atoms with Crippen LogP contribution >= 0.6 is 11.3 Å². The summed E-state index contributed by atoms with van der Waals surface area (Å²) in [5.41, 5.74) is 1.39. The predicted molar refractivity (Wildman–Crippen MR) is 84.2 cm³/mol. The SMILES string of the molecule is Cc1sc(CNC2CC2)cc1COC1CCN(C)CC1. The Bertz CT molecular complexity index is 434. The summed E-state index contributed by atoms with van der Waals surface area (Å²) in [5, 5.41) is 3.59. The standard InChI is InChI=1S/C16H26N2OS/c1-12-13(9-16(20-12)10-17-14-3-4-14)11-19-15-5-7-18(2)8-6-15/h9,14-15,17H,3-8,10-11H2,1-2H3. The molecule has 4 heteroatoms. The second kappa shape index (κ2) is 6.56. The average molecular weight is 294 g/mol. The van der Waals surface area contributed by atoms with Crippen molar-refractivity contribution in [2.45, 2.75) is 57.9 Å². The zero-order chi connectivity index (χ0) is 13.9. The maximum atomic E-state index is 6.11. The Hall–Kier alpha value is -0.420. The highest BCUT2D eigenvalue weighted by molar-refractivity contribution is 7.12. The van der Waals surface area contributed by atoms with Gasteiger partial charge in [-0.2, -0.15) is 0 Å². The van der Waals surface area contributed by atoms with E-state index in [0.717, 1.165) is 19.2 Å². The van der Waals surface area contributed by atoms with Gasteiger partial charge in [-0.1, -0.05) is 0 Å². The molecule has 2 fully saturated rings. The number of hydrogen-bond donors (Lipinski definition) is 1. The van der Waals surface area contributed by atoms with Crippen molar-refractivity contribution in [1.82, 2.24) is 10.2 Å². The molecule has 0 radical (unpaired) electrons. The zero-order valence-corrected chi connectivity index (χ0v) is 13.5. The summed E-state index contributed by atoms with van der Waals surface area (Å²) in [6, 6.07) is 3.13. The third-order valence-corrected chi connectivity index (χ3v) is 5.45. The van der Waals surface area contributed by atoms with Crippen LogP contribution in [0.15, 0.2) is 6.07 Å². The fraction of sp³-hybridized carbons (Fsp3) is 0.750. The molecular weight excluding hydrogens is 268 g/mol. The summed E-state index contributed by atoms with van der Waals surface area (Å²) in [6.07, 6.45) is 5.52. The smallest absolute Gasteiger partial charge is 0.0731 e. The van der Waals surface area contributed by atoms with Crippen LogP contribution < -0.4 is 5.32 Å². The molecule has 1 aromatic rings. The van der Waals surface area contributed by atoms with Gasteiger partial charge in [-0.25, -0.2) is 0 Å². The first-order valence-corrected chi connectivity index (χ1v) is 8.64. The van der Waals surface area contributed by atoms with Gasteiger partial charge in [-0.05, 0) is 51.3 Å². The topological polar surface area (TPSA) is 24.5 Å². The van der Waals surface area contributed by atoms with Gasteiger partial charge >= 0.3 is 0 Å². The molecule has 0 unspecified atom stereocenters. The molecule has 3 nitrogen and oxygen atoms in total. The van der Waals surface area contributed by atoms with Gasteiger partial charge in [0.05, 0.1) is 12.7 Å². The van der Waals surface area contributed by atoms with Gasteiger partial charge in [0.1, 0.15) is 0 Å². The Balaban J connectivity index is 1.46. The van der Waals surface area contributed by atoms with Gasteiger partial charge in [-0.15, -0.1) is 11.3 Å². The summed E-state index contributed by atoms with van der Waals surface area (Å²) in [7, 11) is 2.19. The van der Waals surface area contributed by atoms with E-state index in [-0.39, 0.29) is 0 Å². The van der Waals surface area contributed by atoms with Crippen LogP contribution in [0, 0.1) is 6.92 Å². The molecule has 112 valence electrons. The zero-order valence-electron chi connectivity index (χ0n) is 12.7. The fourth-order valence-electron chi connectivity index (χ4n) is 2.71. The van der Waals surface area contributed by atoms with Crippen LogP contribution in [-0.4, -0.2) is 37.2 Å². The first-order valence-electron chi connectivity index (χ1n) is 7.82. The Morgan fingerprint density at radius 1 is 1.30 bits per heavy atom. The van der Waals surface area contributed by atoms with Crippen LogP contribution in [0.4, 0.5) is 0 Å². The van der Waals surface area contributed by atoms with Crippen molar-refractivity contribution in [2.24, 2.45) is 0 Å². The number of aryl methyl sites for hydroxylation is 1. The molecule has 1 aliphatic carbocycles. The number of likely N-dealkylation sites (tertiary alicyclic amines) is 1. The van der Waals surface area contributed by atoms with Crippen molar-refractivity contribution in [3.05, 3.63) is 21.4 Å². The summed E-state index contributed by atoms with van der Waals surface area (Å²) < 4.78 is 6.11. The van der Waals surface area contributed by atoms with Gasteiger partial charge in [-0.3, -0.25) is 0 Å². The molecular formula is C16H26N2OS. The molecule has 1 saturated heterocycles. The Labute approximate surface area is 126 Å². The molecule has 1 aliphatic heterocycles. The lowest BCUT2D eigenvalue weighted by Gasteiger charge is -2.28. The Kier molecular flexibility index (Phi) is 4.76. The van der Waals surface area contributed by atoms with E-state index in [9.17, 15) is 0 Å². The lowest BCUT2D eigenvalue weighted by atomic mass is 10.1. The van der Waals surface area contributed by atoms with Crippen molar-refractivity contribution >= 4 is 11.3 Å². The van der Waals surface area contributed by atoms with E-state index in [1.165, 1.54) is 54.1 Å². The minimum atomic E-state index is 0.457. The van der Waals surface area contributed by atoms with Gasteiger partial charge in [0.15, 0.2) is 0 Å². The molecule has 0 amide bonds. The highest BCUT2D eigenvalue weighted by Crippen LogP contribution is 2.25. The summed E-state index contributed by atoms with van der Waals surface area (Å²) in [4.78, 5) is 5.26. The molecule has 0 atom stereocenters. The van der Waals surface area contributed by atoms with Crippen LogP contribution in [0.1, 0.15) is 41.0 Å². The fourth-order valence-corrected chi connectivity index (χ4v) is 3.71. The molecule has 0 bridgehead atoms. The molecule has 1 aromatic heterocycles. The predicted octanol–water partition coefficient (Wildman–Crippen LogP) is 2.92. The molecule has 0 spiro atoms.